The number of hydrogen-bond acceptors (Lipinski definition) is 2. The third-order valence-electron chi connectivity index (χ3n) is 2.62. The van der Waals surface area contributed by atoms with Crippen LogP contribution in [-0.2, 0) is 5.54 Å². The molecular weight excluding hydrogens is 239 g/mol. The molecule has 1 aromatic heterocycles. The third-order valence-corrected chi connectivity index (χ3v) is 2.62. The van der Waals surface area contributed by atoms with Crippen molar-refractivity contribution in [1.82, 2.24) is 4.98 Å². The summed E-state index contributed by atoms with van der Waals surface area (Å²) in [7, 11) is 0. The van der Waals surface area contributed by atoms with Crippen LogP contribution in [0.2, 0.25) is 0 Å². The molecule has 17 heavy (non-hydrogen) atoms. The second-order valence-electron chi connectivity index (χ2n) is 3.90. The molecule has 2 rings (SSSR count). The first-order valence-corrected chi connectivity index (χ1v) is 5.08. The SMILES string of the molecule is CC(N)(c1ccccc1)c1ncccc1F.Cl. The zero-order valence-corrected chi connectivity index (χ0v) is 10.2. The standard InChI is InChI=1S/C13H13FN2.ClH/c1-13(15,10-6-3-2-4-7-10)12-11(14)8-5-9-16-12;/h2-9H,15H2,1H3;1H. The average molecular weight is 253 g/mol. The van der Waals surface area contributed by atoms with Gasteiger partial charge in [-0.15, -0.1) is 12.4 Å². The van der Waals surface area contributed by atoms with Gasteiger partial charge in [-0.3, -0.25) is 4.98 Å². The van der Waals surface area contributed by atoms with E-state index >= 15 is 0 Å². The van der Waals surface area contributed by atoms with E-state index in [4.69, 9.17) is 5.73 Å². The summed E-state index contributed by atoms with van der Waals surface area (Å²) in [4.78, 5) is 4.03. The minimum absolute atomic E-state index is 0. The molecule has 2 nitrogen and oxygen atoms in total. The number of benzene rings is 1. The molecule has 1 atom stereocenters. The lowest BCUT2D eigenvalue weighted by molar-refractivity contribution is 0.511. The fourth-order valence-corrected chi connectivity index (χ4v) is 1.69. The Balaban J connectivity index is 0.00000144. The molecule has 0 aliphatic rings. The molecule has 0 spiro atoms. The Morgan fingerprint density at radius 2 is 1.76 bits per heavy atom. The van der Waals surface area contributed by atoms with Gasteiger partial charge in [-0.2, -0.15) is 0 Å². The molecule has 0 aliphatic heterocycles. The van der Waals surface area contributed by atoms with Crippen LogP contribution in [0.5, 0.6) is 0 Å². The van der Waals surface area contributed by atoms with Crippen LogP contribution in [-0.4, -0.2) is 4.98 Å². The molecule has 0 saturated heterocycles. The largest absolute Gasteiger partial charge is 0.317 e. The highest BCUT2D eigenvalue weighted by Crippen LogP contribution is 2.26. The topological polar surface area (TPSA) is 38.9 Å². The Hall–Kier alpha value is -1.45. The Bertz CT molecular complexity index is 486. The summed E-state index contributed by atoms with van der Waals surface area (Å²) in [5.74, 6) is -0.378. The van der Waals surface area contributed by atoms with Crippen LogP contribution in [0.15, 0.2) is 48.7 Å². The summed E-state index contributed by atoms with van der Waals surface area (Å²) < 4.78 is 13.6. The van der Waals surface area contributed by atoms with Gasteiger partial charge in [0.25, 0.3) is 0 Å². The van der Waals surface area contributed by atoms with Gasteiger partial charge in [-0.25, -0.2) is 4.39 Å². The van der Waals surface area contributed by atoms with Crippen LogP contribution in [0, 0.1) is 5.82 Å². The van der Waals surface area contributed by atoms with E-state index < -0.39 is 5.54 Å². The highest BCUT2D eigenvalue weighted by Gasteiger charge is 2.27. The summed E-state index contributed by atoms with van der Waals surface area (Å²) in [6.45, 7) is 1.76. The van der Waals surface area contributed by atoms with Gasteiger partial charge in [0.2, 0.25) is 0 Å². The number of nitrogens with zero attached hydrogens (tertiary/aromatic N) is 1. The van der Waals surface area contributed by atoms with Crippen LogP contribution < -0.4 is 5.73 Å². The maximum Gasteiger partial charge on any atom is 0.146 e. The lowest BCUT2D eigenvalue weighted by Crippen LogP contribution is -2.36. The van der Waals surface area contributed by atoms with Crippen LogP contribution in [0.3, 0.4) is 0 Å². The van der Waals surface area contributed by atoms with E-state index in [9.17, 15) is 4.39 Å². The molecular formula is C13H14ClFN2. The normalized spacial score (nSPS) is 13.6. The monoisotopic (exact) mass is 252 g/mol. The van der Waals surface area contributed by atoms with Crippen LogP contribution in [0.25, 0.3) is 0 Å². The first kappa shape index (κ1) is 13.6. The number of nitrogens with two attached hydrogens (primary N) is 1. The maximum absolute atomic E-state index is 13.6. The van der Waals surface area contributed by atoms with Gasteiger partial charge >= 0.3 is 0 Å². The van der Waals surface area contributed by atoms with E-state index in [1.807, 2.05) is 30.3 Å². The zero-order valence-electron chi connectivity index (χ0n) is 9.43. The number of hydrogen-bond donors (Lipinski definition) is 1. The first-order chi connectivity index (χ1) is 7.62. The molecule has 90 valence electrons. The first-order valence-electron chi connectivity index (χ1n) is 5.08. The molecule has 0 aliphatic carbocycles. The van der Waals surface area contributed by atoms with Gasteiger partial charge in [0, 0.05) is 6.20 Å². The molecule has 0 amide bonds. The van der Waals surface area contributed by atoms with Gasteiger partial charge in [-0.05, 0) is 24.6 Å². The van der Waals surface area contributed by atoms with Gasteiger partial charge in [0.05, 0.1) is 5.54 Å². The van der Waals surface area contributed by atoms with E-state index in [0.29, 0.717) is 0 Å². The minimum atomic E-state index is -0.910. The summed E-state index contributed by atoms with van der Waals surface area (Å²) in [6.07, 6.45) is 1.55. The van der Waals surface area contributed by atoms with Crippen molar-refractivity contribution in [2.45, 2.75) is 12.5 Å². The smallest absolute Gasteiger partial charge is 0.146 e. The van der Waals surface area contributed by atoms with Crippen molar-refractivity contribution in [3.8, 4) is 0 Å². The lowest BCUT2D eigenvalue weighted by atomic mass is 9.89. The third kappa shape index (κ3) is 2.62. The Morgan fingerprint density at radius 3 is 2.35 bits per heavy atom. The van der Waals surface area contributed by atoms with Crippen LogP contribution in [0.1, 0.15) is 18.2 Å². The quantitative estimate of drug-likeness (QED) is 0.893. The fourth-order valence-electron chi connectivity index (χ4n) is 1.69. The Labute approximate surface area is 106 Å². The van der Waals surface area contributed by atoms with E-state index in [2.05, 4.69) is 4.98 Å². The number of pyridine rings is 1. The van der Waals surface area contributed by atoms with Crippen molar-refractivity contribution < 1.29 is 4.39 Å². The lowest BCUT2D eigenvalue weighted by Gasteiger charge is -2.24. The highest BCUT2D eigenvalue weighted by atomic mass is 35.5. The summed E-state index contributed by atoms with van der Waals surface area (Å²) in [5, 5.41) is 0. The molecule has 0 bridgehead atoms. The maximum atomic E-state index is 13.6. The molecule has 2 N–H and O–H groups in total. The van der Waals surface area contributed by atoms with Crippen LogP contribution in [0.4, 0.5) is 4.39 Å². The predicted octanol–water partition coefficient (Wildman–Crippen LogP) is 2.86. The highest BCUT2D eigenvalue weighted by molar-refractivity contribution is 5.85. The van der Waals surface area contributed by atoms with Crippen molar-refractivity contribution >= 4 is 12.4 Å². The van der Waals surface area contributed by atoms with E-state index in [-0.39, 0.29) is 23.9 Å². The van der Waals surface area contributed by atoms with Gasteiger partial charge in [-0.1, -0.05) is 30.3 Å². The Morgan fingerprint density at radius 1 is 1.12 bits per heavy atom. The van der Waals surface area contributed by atoms with E-state index in [1.54, 1.807) is 19.2 Å². The van der Waals surface area contributed by atoms with Gasteiger partial charge < -0.3 is 5.73 Å². The predicted molar refractivity (Wildman–Crippen MR) is 68.5 cm³/mol. The zero-order chi connectivity index (χ0) is 11.6. The number of aromatic nitrogens is 1. The van der Waals surface area contributed by atoms with Crippen molar-refractivity contribution in [1.29, 1.82) is 0 Å². The molecule has 1 unspecified atom stereocenters. The van der Waals surface area contributed by atoms with Crippen LogP contribution >= 0.6 is 12.4 Å². The van der Waals surface area contributed by atoms with E-state index in [0.717, 1.165) is 5.56 Å². The Kier molecular flexibility index (Phi) is 4.21. The second-order valence-corrected chi connectivity index (χ2v) is 3.90. The van der Waals surface area contributed by atoms with Crippen molar-refractivity contribution in [3.63, 3.8) is 0 Å². The molecule has 1 aromatic carbocycles. The fraction of sp³-hybridized carbons (Fsp3) is 0.154. The van der Waals surface area contributed by atoms with E-state index in [1.165, 1.54) is 6.07 Å². The van der Waals surface area contributed by atoms with Crippen molar-refractivity contribution in [2.24, 2.45) is 5.73 Å². The van der Waals surface area contributed by atoms with Crippen molar-refractivity contribution in [2.75, 3.05) is 0 Å². The molecule has 0 radical (unpaired) electrons. The molecule has 0 fully saturated rings. The van der Waals surface area contributed by atoms with Crippen molar-refractivity contribution in [3.05, 3.63) is 65.7 Å². The molecule has 0 saturated carbocycles. The number of halogens is 2. The molecule has 4 heteroatoms. The second kappa shape index (κ2) is 5.25. The minimum Gasteiger partial charge on any atom is -0.317 e. The summed E-state index contributed by atoms with van der Waals surface area (Å²) in [5.41, 5.74) is 6.35. The average Bonchev–Trinajstić information content (AvgIpc) is 2.30. The molecule has 1 heterocycles. The van der Waals surface area contributed by atoms with Gasteiger partial charge in [0.15, 0.2) is 0 Å². The summed E-state index contributed by atoms with van der Waals surface area (Å²) >= 11 is 0. The van der Waals surface area contributed by atoms with Gasteiger partial charge in [0.1, 0.15) is 11.5 Å². The number of rotatable bonds is 2. The molecule has 2 aromatic rings. The summed E-state index contributed by atoms with van der Waals surface area (Å²) in [6, 6.07) is 12.3.